The van der Waals surface area contributed by atoms with Crippen LogP contribution in [0.2, 0.25) is 10.0 Å². The maximum atomic E-state index is 13.7. The van der Waals surface area contributed by atoms with E-state index in [1.807, 2.05) is 35.2 Å². The molecule has 2 fully saturated rings. The highest BCUT2D eigenvalue weighted by Crippen LogP contribution is 2.34. The summed E-state index contributed by atoms with van der Waals surface area (Å²) in [5, 5.41) is 10.2. The smallest absolute Gasteiger partial charge is 0.410 e. The molecule has 3 heterocycles. The first kappa shape index (κ1) is 27.8. The van der Waals surface area contributed by atoms with Gasteiger partial charge >= 0.3 is 6.09 Å². The fourth-order valence-corrected chi connectivity index (χ4v) is 5.71. The third-order valence-corrected chi connectivity index (χ3v) is 8.25. The van der Waals surface area contributed by atoms with Crippen molar-refractivity contribution in [2.45, 2.75) is 24.8 Å². The molecular weight excluding hydrogens is 549 g/mol. The number of ether oxygens (including phenoxy) is 1. The van der Waals surface area contributed by atoms with Gasteiger partial charge in [-0.1, -0.05) is 35.3 Å². The predicted octanol–water partition coefficient (Wildman–Crippen LogP) is 5.60. The number of likely N-dealkylation sites (N-methyl/N-ethyl adjacent to an activating group) is 1. The van der Waals surface area contributed by atoms with E-state index in [0.29, 0.717) is 60.4 Å². The van der Waals surface area contributed by atoms with Gasteiger partial charge in [-0.05, 0) is 66.9 Å². The Balaban J connectivity index is 1.27. The highest BCUT2D eigenvalue weighted by Gasteiger charge is 2.42. The van der Waals surface area contributed by atoms with Crippen molar-refractivity contribution in [3.05, 3.63) is 88.0 Å². The van der Waals surface area contributed by atoms with E-state index < -0.39 is 6.09 Å². The standard InChI is InChI=1S/C30H29Cl2N5O3/c1-35(30(39)40-25-9-7-24(32)8-10-25)27-19-37(18-26(27)21-3-5-23(31)6-4-21)29(38)22-12-14-36(15-13-22)28-11-2-20(16-33)17-34-28/h2-11,17,22,26-27H,12-15,18-19H2,1H3/t26-,27+/m0/s1. The van der Waals surface area contributed by atoms with Crippen molar-refractivity contribution in [2.75, 3.05) is 38.1 Å². The lowest BCUT2D eigenvalue weighted by Crippen LogP contribution is -2.45. The van der Waals surface area contributed by atoms with E-state index in [9.17, 15) is 9.59 Å². The molecule has 206 valence electrons. The second-order valence-corrected chi connectivity index (χ2v) is 11.1. The monoisotopic (exact) mass is 577 g/mol. The zero-order valence-corrected chi connectivity index (χ0v) is 23.6. The number of likely N-dealkylation sites (tertiary alicyclic amines) is 1. The first-order chi connectivity index (χ1) is 19.3. The van der Waals surface area contributed by atoms with E-state index in [1.54, 1.807) is 48.5 Å². The number of piperidine rings is 1. The van der Waals surface area contributed by atoms with Crippen molar-refractivity contribution in [2.24, 2.45) is 5.92 Å². The van der Waals surface area contributed by atoms with Gasteiger partial charge in [-0.25, -0.2) is 9.78 Å². The van der Waals surface area contributed by atoms with Gasteiger partial charge < -0.3 is 19.4 Å². The molecule has 2 aliphatic rings. The molecule has 3 aromatic rings. The van der Waals surface area contributed by atoms with E-state index >= 15 is 0 Å². The molecule has 2 aromatic carbocycles. The number of anilines is 1. The number of hydrogen-bond donors (Lipinski definition) is 0. The van der Waals surface area contributed by atoms with Crippen LogP contribution in [0.3, 0.4) is 0 Å². The van der Waals surface area contributed by atoms with Gasteiger partial charge in [-0.15, -0.1) is 0 Å². The molecule has 5 rings (SSSR count). The predicted molar refractivity (Wildman–Crippen MR) is 154 cm³/mol. The van der Waals surface area contributed by atoms with Crippen molar-refractivity contribution in [1.82, 2.24) is 14.8 Å². The Hall–Kier alpha value is -3.80. The molecule has 0 saturated carbocycles. The second kappa shape index (κ2) is 12.2. The number of pyridine rings is 1. The summed E-state index contributed by atoms with van der Waals surface area (Å²) in [5.41, 5.74) is 1.53. The maximum absolute atomic E-state index is 13.7. The molecule has 0 radical (unpaired) electrons. The molecule has 10 heteroatoms. The van der Waals surface area contributed by atoms with Crippen LogP contribution in [0.4, 0.5) is 10.6 Å². The van der Waals surface area contributed by atoms with Crippen LogP contribution >= 0.6 is 23.2 Å². The number of halogens is 2. The van der Waals surface area contributed by atoms with Crippen molar-refractivity contribution < 1.29 is 14.3 Å². The first-order valence-corrected chi connectivity index (χ1v) is 13.9. The number of benzene rings is 2. The quantitative estimate of drug-likeness (QED) is 0.392. The Morgan fingerprint density at radius 3 is 2.23 bits per heavy atom. The van der Waals surface area contributed by atoms with E-state index in [1.165, 1.54) is 0 Å². The molecule has 1 aromatic heterocycles. The van der Waals surface area contributed by atoms with Crippen LogP contribution in [0.25, 0.3) is 0 Å². The zero-order chi connectivity index (χ0) is 28.2. The average Bonchev–Trinajstić information content (AvgIpc) is 3.43. The number of carbonyl (C=O) groups is 2. The minimum atomic E-state index is -0.496. The Morgan fingerprint density at radius 2 is 1.62 bits per heavy atom. The van der Waals surface area contributed by atoms with Crippen LogP contribution in [-0.4, -0.2) is 66.1 Å². The van der Waals surface area contributed by atoms with Gasteiger partial charge in [0.15, 0.2) is 0 Å². The molecule has 40 heavy (non-hydrogen) atoms. The number of nitrogens with zero attached hydrogens (tertiary/aromatic N) is 5. The van der Waals surface area contributed by atoms with Crippen LogP contribution in [-0.2, 0) is 4.79 Å². The molecule has 0 unspecified atom stereocenters. The topological polar surface area (TPSA) is 89.8 Å². The Labute approximate surface area is 243 Å². The second-order valence-electron chi connectivity index (χ2n) is 10.2. The van der Waals surface area contributed by atoms with Crippen LogP contribution < -0.4 is 9.64 Å². The van der Waals surface area contributed by atoms with Gasteiger partial charge in [-0.2, -0.15) is 5.26 Å². The minimum absolute atomic E-state index is 0.0908. The fraction of sp³-hybridized carbons (Fsp3) is 0.333. The van der Waals surface area contributed by atoms with Gasteiger partial charge in [0.05, 0.1) is 11.6 Å². The highest BCUT2D eigenvalue weighted by molar-refractivity contribution is 6.30. The molecule has 0 spiro atoms. The molecule has 0 aliphatic carbocycles. The number of nitriles is 1. The van der Waals surface area contributed by atoms with Crippen molar-refractivity contribution in [3.8, 4) is 11.8 Å². The summed E-state index contributed by atoms with van der Waals surface area (Å²) in [5.74, 6) is 1.12. The van der Waals surface area contributed by atoms with Crippen molar-refractivity contribution in [3.63, 3.8) is 0 Å². The summed E-state index contributed by atoms with van der Waals surface area (Å²) < 4.78 is 5.60. The first-order valence-electron chi connectivity index (χ1n) is 13.2. The summed E-state index contributed by atoms with van der Waals surface area (Å²) >= 11 is 12.1. The SMILES string of the molecule is CN(C(=O)Oc1ccc(Cl)cc1)[C@@H]1CN(C(=O)C2CCN(c3ccc(C#N)cn3)CC2)C[C@H]1c1ccc(Cl)cc1. The number of hydrogen-bond acceptors (Lipinski definition) is 6. The number of aromatic nitrogens is 1. The van der Waals surface area contributed by atoms with E-state index in [0.717, 1.165) is 11.4 Å². The Morgan fingerprint density at radius 1 is 0.975 bits per heavy atom. The molecule has 0 bridgehead atoms. The van der Waals surface area contributed by atoms with E-state index in [2.05, 4.69) is 16.0 Å². The van der Waals surface area contributed by atoms with Gasteiger partial charge in [0.1, 0.15) is 17.6 Å². The summed E-state index contributed by atoms with van der Waals surface area (Å²) in [6, 6.07) is 19.6. The summed E-state index contributed by atoms with van der Waals surface area (Å²) in [6.45, 7) is 2.33. The molecule has 8 nitrogen and oxygen atoms in total. The Bertz CT molecular complexity index is 1380. The maximum Gasteiger partial charge on any atom is 0.415 e. The lowest BCUT2D eigenvalue weighted by molar-refractivity contribution is -0.135. The lowest BCUT2D eigenvalue weighted by Gasteiger charge is -2.34. The third-order valence-electron chi connectivity index (χ3n) is 7.75. The van der Waals surface area contributed by atoms with Crippen LogP contribution in [0.5, 0.6) is 5.75 Å². The van der Waals surface area contributed by atoms with E-state index in [4.69, 9.17) is 33.2 Å². The van der Waals surface area contributed by atoms with Gasteiger partial charge in [0.25, 0.3) is 0 Å². The summed E-state index contributed by atoms with van der Waals surface area (Å²) in [7, 11) is 1.71. The third kappa shape index (κ3) is 6.16. The number of carbonyl (C=O) groups excluding carboxylic acids is 2. The Kier molecular flexibility index (Phi) is 8.43. The number of rotatable bonds is 5. The van der Waals surface area contributed by atoms with Gasteiger partial charge in [0, 0.05) is 61.3 Å². The van der Waals surface area contributed by atoms with Crippen molar-refractivity contribution in [1.29, 1.82) is 5.26 Å². The van der Waals surface area contributed by atoms with Crippen LogP contribution in [0.15, 0.2) is 66.9 Å². The number of amides is 2. The molecule has 2 saturated heterocycles. The van der Waals surface area contributed by atoms with E-state index in [-0.39, 0.29) is 23.8 Å². The average molecular weight is 579 g/mol. The highest BCUT2D eigenvalue weighted by atomic mass is 35.5. The van der Waals surface area contributed by atoms with Gasteiger partial charge in [0.2, 0.25) is 5.91 Å². The molecule has 2 amide bonds. The minimum Gasteiger partial charge on any atom is -0.410 e. The van der Waals surface area contributed by atoms with Crippen LogP contribution in [0.1, 0.15) is 29.9 Å². The van der Waals surface area contributed by atoms with Crippen LogP contribution in [0, 0.1) is 17.2 Å². The molecule has 0 N–H and O–H groups in total. The van der Waals surface area contributed by atoms with Gasteiger partial charge in [-0.3, -0.25) is 4.79 Å². The summed E-state index contributed by atoms with van der Waals surface area (Å²) in [6.07, 6.45) is 2.50. The lowest BCUT2D eigenvalue weighted by atomic mass is 9.93. The molecular formula is C30H29Cl2N5O3. The zero-order valence-electron chi connectivity index (χ0n) is 22.0. The largest absolute Gasteiger partial charge is 0.415 e. The molecule has 2 aliphatic heterocycles. The molecule has 2 atom stereocenters. The fourth-order valence-electron chi connectivity index (χ4n) is 5.46. The van der Waals surface area contributed by atoms with Crippen molar-refractivity contribution >= 4 is 41.0 Å². The summed E-state index contributed by atoms with van der Waals surface area (Å²) in [4.78, 5) is 36.8. The normalized spacial score (nSPS) is 19.2.